The lowest BCUT2D eigenvalue weighted by Gasteiger charge is -2.16. The van der Waals surface area contributed by atoms with Crippen molar-refractivity contribution in [1.29, 1.82) is 0 Å². The number of amides is 2. The van der Waals surface area contributed by atoms with E-state index in [0.717, 1.165) is 20.1 Å². The summed E-state index contributed by atoms with van der Waals surface area (Å²) in [6.45, 7) is 4.17. The van der Waals surface area contributed by atoms with Gasteiger partial charge in [-0.3, -0.25) is 15.0 Å². The van der Waals surface area contributed by atoms with Crippen LogP contribution in [-0.4, -0.2) is 18.9 Å². The molecule has 0 aliphatic carbocycles. The lowest BCUT2D eigenvalue weighted by atomic mass is 10.0. The Morgan fingerprint density at radius 3 is 2.49 bits per heavy atom. The van der Waals surface area contributed by atoms with Gasteiger partial charge in [-0.2, -0.15) is 0 Å². The van der Waals surface area contributed by atoms with E-state index in [9.17, 15) is 9.59 Å². The van der Waals surface area contributed by atoms with Crippen molar-refractivity contribution in [2.45, 2.75) is 13.0 Å². The summed E-state index contributed by atoms with van der Waals surface area (Å²) in [5, 5.41) is 1.24. The van der Waals surface area contributed by atoms with E-state index < -0.39 is 11.8 Å². The Morgan fingerprint density at radius 1 is 1.03 bits per heavy atom. The smallest absolute Gasteiger partial charge is 0.282 e. The number of halogens is 2. The molecule has 178 valence electrons. The molecule has 0 saturated carbocycles. The summed E-state index contributed by atoms with van der Waals surface area (Å²) in [5.41, 5.74) is 5.67. The normalized spacial score (nSPS) is 14.3. The third-order valence-electron chi connectivity index (χ3n) is 5.34. The molecule has 8 heteroatoms. The summed E-state index contributed by atoms with van der Waals surface area (Å²) in [4.78, 5) is 25.6. The number of rotatable bonds is 8. The zero-order chi connectivity index (χ0) is 24.9. The first-order chi connectivity index (χ1) is 16.9. The predicted octanol–water partition coefficient (Wildman–Crippen LogP) is 5.99. The van der Waals surface area contributed by atoms with Crippen molar-refractivity contribution in [2.24, 2.45) is 0 Å². The molecule has 0 spiro atoms. The second-order valence-electron chi connectivity index (χ2n) is 7.70. The van der Waals surface area contributed by atoms with Gasteiger partial charge in [0, 0.05) is 20.1 Å². The Hall–Kier alpha value is -3.36. The monoisotopic (exact) mass is 596 g/mol. The number of ether oxygens (including phenoxy) is 2. The van der Waals surface area contributed by atoms with Gasteiger partial charge in [0.05, 0.1) is 12.8 Å². The molecule has 0 radical (unpaired) electrons. The van der Waals surface area contributed by atoms with Crippen LogP contribution < -0.4 is 19.9 Å². The molecule has 3 aromatic rings. The molecule has 0 aromatic heterocycles. The van der Waals surface area contributed by atoms with Crippen LogP contribution in [0.2, 0.25) is 0 Å². The van der Waals surface area contributed by atoms with Gasteiger partial charge >= 0.3 is 0 Å². The summed E-state index contributed by atoms with van der Waals surface area (Å²) < 4.78 is 13.7. The molecular weight excluding hydrogens is 576 g/mol. The molecule has 1 N–H and O–H groups in total. The van der Waals surface area contributed by atoms with Crippen LogP contribution in [0.5, 0.6) is 11.5 Å². The van der Waals surface area contributed by atoms with Gasteiger partial charge < -0.3 is 9.47 Å². The van der Waals surface area contributed by atoms with E-state index in [0.29, 0.717) is 35.8 Å². The molecule has 1 aliphatic rings. The van der Waals surface area contributed by atoms with Crippen molar-refractivity contribution < 1.29 is 19.1 Å². The van der Waals surface area contributed by atoms with Crippen molar-refractivity contribution >= 4 is 55.4 Å². The van der Waals surface area contributed by atoms with Gasteiger partial charge in [0.1, 0.15) is 12.2 Å². The Kier molecular flexibility index (Phi) is 7.73. The number of carbonyl (C=O) groups is 2. The number of hydrogen-bond acceptors (Lipinski definition) is 4. The molecule has 35 heavy (non-hydrogen) atoms. The standard InChI is InChI=1S/C27H22Br2N2O4/c1-3-7-18-12-17(13-22-26(32)30-31(27(22)33)21-8-5-4-6-9-21)14-24(34-2)25(18)35-16-19-10-11-20(28)15-23(19)29/h3-6,8-15H,1,7,16H2,2H3,(H,30,32)/b22-13-. The van der Waals surface area contributed by atoms with Gasteiger partial charge in [-0.15, -0.1) is 6.58 Å². The largest absolute Gasteiger partial charge is 0.493 e. The molecule has 3 aromatic carbocycles. The third-order valence-corrected chi connectivity index (χ3v) is 6.57. The fourth-order valence-corrected chi connectivity index (χ4v) is 4.82. The minimum Gasteiger partial charge on any atom is -0.493 e. The molecule has 0 unspecified atom stereocenters. The third kappa shape index (κ3) is 5.49. The zero-order valence-corrected chi connectivity index (χ0v) is 22.1. The highest BCUT2D eigenvalue weighted by Gasteiger charge is 2.34. The number of hydrazine groups is 1. The van der Waals surface area contributed by atoms with E-state index in [1.165, 1.54) is 5.01 Å². The van der Waals surface area contributed by atoms with Gasteiger partial charge in [0.15, 0.2) is 11.5 Å². The fraction of sp³-hybridized carbons (Fsp3) is 0.111. The van der Waals surface area contributed by atoms with Crippen LogP contribution >= 0.6 is 31.9 Å². The zero-order valence-electron chi connectivity index (χ0n) is 18.9. The molecule has 1 fully saturated rings. The maximum Gasteiger partial charge on any atom is 0.282 e. The van der Waals surface area contributed by atoms with Crippen LogP contribution in [-0.2, 0) is 22.6 Å². The van der Waals surface area contributed by atoms with Gasteiger partial charge in [-0.1, -0.05) is 62.2 Å². The van der Waals surface area contributed by atoms with Gasteiger partial charge in [-0.05, 0) is 54.5 Å². The first kappa shape index (κ1) is 24.8. The number of benzene rings is 3. The number of anilines is 1. The van der Waals surface area contributed by atoms with E-state index >= 15 is 0 Å². The lowest BCUT2D eigenvalue weighted by molar-refractivity contribution is -0.117. The minimum atomic E-state index is -0.469. The molecular formula is C27H22Br2N2O4. The van der Waals surface area contributed by atoms with Gasteiger partial charge in [0.2, 0.25) is 0 Å². The summed E-state index contributed by atoms with van der Waals surface area (Å²) in [6.07, 6.45) is 3.84. The summed E-state index contributed by atoms with van der Waals surface area (Å²) in [6, 6.07) is 18.4. The average Bonchev–Trinajstić information content (AvgIpc) is 3.13. The summed E-state index contributed by atoms with van der Waals surface area (Å²) >= 11 is 7.01. The lowest BCUT2D eigenvalue weighted by Crippen LogP contribution is -2.35. The van der Waals surface area contributed by atoms with E-state index in [2.05, 4.69) is 43.9 Å². The van der Waals surface area contributed by atoms with E-state index in [-0.39, 0.29) is 5.57 Å². The summed E-state index contributed by atoms with van der Waals surface area (Å²) in [7, 11) is 1.55. The summed E-state index contributed by atoms with van der Waals surface area (Å²) in [5.74, 6) is 0.182. The Labute approximate surface area is 220 Å². The highest BCUT2D eigenvalue weighted by Crippen LogP contribution is 2.36. The van der Waals surface area contributed by atoms with Crippen LogP contribution in [0.1, 0.15) is 16.7 Å². The van der Waals surface area contributed by atoms with Crippen molar-refractivity contribution in [3.05, 3.63) is 105 Å². The molecule has 2 amide bonds. The quantitative estimate of drug-likeness (QED) is 0.197. The SMILES string of the molecule is C=CCc1cc(/C=C2/C(=O)NN(c3ccccc3)C2=O)cc(OC)c1OCc1ccc(Br)cc1Br. The van der Waals surface area contributed by atoms with Crippen LogP contribution in [0.4, 0.5) is 5.69 Å². The second-order valence-corrected chi connectivity index (χ2v) is 9.47. The highest BCUT2D eigenvalue weighted by molar-refractivity contribution is 9.11. The number of hydrogen-bond donors (Lipinski definition) is 1. The number of nitrogens with one attached hydrogen (secondary N) is 1. The highest BCUT2D eigenvalue weighted by atomic mass is 79.9. The number of allylic oxidation sites excluding steroid dienone is 1. The number of methoxy groups -OCH3 is 1. The fourth-order valence-electron chi connectivity index (χ4n) is 3.66. The van der Waals surface area contributed by atoms with Crippen molar-refractivity contribution in [3.8, 4) is 11.5 Å². The Balaban J connectivity index is 1.65. The topological polar surface area (TPSA) is 67.9 Å². The number of nitrogens with zero attached hydrogens (tertiary/aromatic N) is 1. The Bertz CT molecular complexity index is 1320. The molecule has 0 bridgehead atoms. The first-order valence-electron chi connectivity index (χ1n) is 10.7. The number of carbonyl (C=O) groups excluding carboxylic acids is 2. The molecule has 1 heterocycles. The van der Waals surface area contributed by atoms with E-state index in [1.54, 1.807) is 49.6 Å². The van der Waals surface area contributed by atoms with Gasteiger partial charge in [-0.25, -0.2) is 5.01 Å². The second kappa shape index (κ2) is 10.9. The maximum absolute atomic E-state index is 13.0. The minimum absolute atomic E-state index is 0.0351. The maximum atomic E-state index is 13.0. The van der Waals surface area contributed by atoms with E-state index in [1.807, 2.05) is 30.3 Å². The molecule has 4 rings (SSSR count). The Morgan fingerprint density at radius 2 is 1.80 bits per heavy atom. The van der Waals surface area contributed by atoms with Crippen molar-refractivity contribution in [1.82, 2.24) is 5.43 Å². The van der Waals surface area contributed by atoms with Gasteiger partial charge in [0.25, 0.3) is 11.8 Å². The molecule has 1 saturated heterocycles. The molecule has 0 atom stereocenters. The van der Waals surface area contributed by atoms with Crippen LogP contribution in [0.15, 0.2) is 87.8 Å². The van der Waals surface area contributed by atoms with Crippen molar-refractivity contribution in [3.63, 3.8) is 0 Å². The van der Waals surface area contributed by atoms with Crippen LogP contribution in [0.3, 0.4) is 0 Å². The molecule has 1 aliphatic heterocycles. The van der Waals surface area contributed by atoms with Crippen molar-refractivity contribution in [2.75, 3.05) is 12.1 Å². The number of para-hydroxylation sites is 1. The predicted molar refractivity (Wildman–Crippen MR) is 143 cm³/mol. The van der Waals surface area contributed by atoms with E-state index in [4.69, 9.17) is 9.47 Å². The van der Waals surface area contributed by atoms with Crippen LogP contribution in [0, 0.1) is 0 Å². The van der Waals surface area contributed by atoms with Crippen LogP contribution in [0.25, 0.3) is 6.08 Å². The molecule has 6 nitrogen and oxygen atoms in total. The first-order valence-corrected chi connectivity index (χ1v) is 12.3. The average molecular weight is 598 g/mol.